The topological polar surface area (TPSA) is 81.9 Å². The molecule has 0 aliphatic carbocycles. The fraction of sp³-hybridized carbons (Fsp3) is 0.833. The lowest BCUT2D eigenvalue weighted by molar-refractivity contribution is -0.154. The van der Waals surface area contributed by atoms with Crippen LogP contribution in [-0.4, -0.2) is 55.2 Å². The zero-order valence-corrected chi connectivity index (χ0v) is 12.3. The lowest BCUT2D eigenvalue weighted by Crippen LogP contribution is -2.54. The standard InChI is InChI=1S/C12H22N2O4.ClH/c1-3-17-11(15)9(13)5-7-14-8-6-10(14)12(16)18-4-2;/h9-10H,3-8,13H2,1-2H3;1H. The fourth-order valence-electron chi connectivity index (χ4n) is 1.89. The van der Waals surface area contributed by atoms with Gasteiger partial charge in [-0.2, -0.15) is 0 Å². The Hall–Kier alpha value is -0.850. The molecule has 0 saturated carbocycles. The van der Waals surface area contributed by atoms with E-state index in [-0.39, 0.29) is 30.4 Å². The second-order valence-corrected chi connectivity index (χ2v) is 4.24. The van der Waals surface area contributed by atoms with Crippen molar-refractivity contribution in [1.29, 1.82) is 0 Å². The maximum Gasteiger partial charge on any atom is 0.323 e. The van der Waals surface area contributed by atoms with Crippen molar-refractivity contribution >= 4 is 24.3 Å². The molecule has 0 radical (unpaired) electrons. The number of esters is 2. The lowest BCUT2D eigenvalue weighted by Gasteiger charge is -2.39. The van der Waals surface area contributed by atoms with Crippen LogP contribution in [-0.2, 0) is 19.1 Å². The van der Waals surface area contributed by atoms with E-state index >= 15 is 0 Å². The summed E-state index contributed by atoms with van der Waals surface area (Å²) in [6.45, 7) is 5.73. The molecule has 1 aliphatic heterocycles. The first-order valence-electron chi connectivity index (χ1n) is 6.43. The first-order valence-corrected chi connectivity index (χ1v) is 6.43. The van der Waals surface area contributed by atoms with Gasteiger partial charge in [-0.15, -0.1) is 12.4 Å². The van der Waals surface area contributed by atoms with E-state index in [1.807, 2.05) is 4.90 Å². The highest BCUT2D eigenvalue weighted by Crippen LogP contribution is 2.19. The minimum absolute atomic E-state index is 0. The Balaban J connectivity index is 0.00000324. The number of rotatable bonds is 7. The predicted octanol–water partition coefficient (Wildman–Crippen LogP) is 0.326. The maximum atomic E-state index is 11.5. The summed E-state index contributed by atoms with van der Waals surface area (Å²) in [7, 11) is 0. The van der Waals surface area contributed by atoms with Gasteiger partial charge in [0.1, 0.15) is 12.1 Å². The molecular formula is C12H23ClN2O4. The molecule has 7 heteroatoms. The smallest absolute Gasteiger partial charge is 0.323 e. The van der Waals surface area contributed by atoms with Gasteiger partial charge in [0, 0.05) is 13.1 Å². The van der Waals surface area contributed by atoms with Gasteiger partial charge in [-0.05, 0) is 26.7 Å². The van der Waals surface area contributed by atoms with Crippen molar-refractivity contribution in [1.82, 2.24) is 4.90 Å². The van der Waals surface area contributed by atoms with Gasteiger partial charge in [0.15, 0.2) is 0 Å². The van der Waals surface area contributed by atoms with Crippen LogP contribution in [0.25, 0.3) is 0 Å². The summed E-state index contributed by atoms with van der Waals surface area (Å²) in [5.41, 5.74) is 5.69. The van der Waals surface area contributed by atoms with E-state index in [9.17, 15) is 9.59 Å². The first-order chi connectivity index (χ1) is 8.60. The molecule has 112 valence electrons. The average Bonchev–Trinajstić information content (AvgIpc) is 2.28. The normalized spacial score (nSPS) is 19.8. The van der Waals surface area contributed by atoms with Gasteiger partial charge in [-0.3, -0.25) is 14.5 Å². The summed E-state index contributed by atoms with van der Waals surface area (Å²) < 4.78 is 9.79. The SMILES string of the molecule is CCOC(=O)C(N)CCN1CCC1C(=O)OCC.Cl. The summed E-state index contributed by atoms with van der Waals surface area (Å²) in [4.78, 5) is 24.8. The van der Waals surface area contributed by atoms with Gasteiger partial charge >= 0.3 is 11.9 Å². The molecular weight excluding hydrogens is 272 g/mol. The zero-order chi connectivity index (χ0) is 13.5. The Labute approximate surface area is 120 Å². The van der Waals surface area contributed by atoms with Crippen LogP contribution >= 0.6 is 12.4 Å². The van der Waals surface area contributed by atoms with Crippen molar-refractivity contribution in [2.75, 3.05) is 26.3 Å². The molecule has 1 heterocycles. The second-order valence-electron chi connectivity index (χ2n) is 4.24. The number of nitrogens with zero attached hydrogens (tertiary/aromatic N) is 1. The summed E-state index contributed by atoms with van der Waals surface area (Å²) in [6, 6.07) is -0.784. The van der Waals surface area contributed by atoms with Crippen molar-refractivity contribution in [2.24, 2.45) is 5.73 Å². The molecule has 0 bridgehead atoms. The molecule has 1 rings (SSSR count). The molecule has 1 saturated heterocycles. The predicted molar refractivity (Wildman–Crippen MR) is 73.1 cm³/mol. The van der Waals surface area contributed by atoms with Gasteiger partial charge in [0.05, 0.1) is 13.2 Å². The molecule has 2 atom stereocenters. The zero-order valence-electron chi connectivity index (χ0n) is 11.5. The van der Waals surface area contributed by atoms with Crippen molar-refractivity contribution in [3.63, 3.8) is 0 Å². The Bertz CT molecular complexity index is 301. The van der Waals surface area contributed by atoms with Gasteiger partial charge in [-0.25, -0.2) is 0 Å². The number of hydrogen-bond donors (Lipinski definition) is 1. The molecule has 1 fully saturated rings. The van der Waals surface area contributed by atoms with E-state index in [2.05, 4.69) is 0 Å². The molecule has 2 N–H and O–H groups in total. The summed E-state index contributed by atoms with van der Waals surface area (Å²) >= 11 is 0. The van der Waals surface area contributed by atoms with E-state index in [0.29, 0.717) is 26.2 Å². The number of halogens is 1. The molecule has 19 heavy (non-hydrogen) atoms. The maximum absolute atomic E-state index is 11.5. The second kappa shape index (κ2) is 9.12. The number of ether oxygens (including phenoxy) is 2. The van der Waals surface area contributed by atoms with Crippen molar-refractivity contribution < 1.29 is 19.1 Å². The van der Waals surface area contributed by atoms with Crippen LogP contribution in [0.15, 0.2) is 0 Å². The minimum Gasteiger partial charge on any atom is -0.465 e. The highest BCUT2D eigenvalue weighted by Gasteiger charge is 2.35. The third-order valence-corrected chi connectivity index (χ3v) is 3.01. The monoisotopic (exact) mass is 294 g/mol. The molecule has 2 unspecified atom stereocenters. The van der Waals surface area contributed by atoms with Gasteiger partial charge in [0.2, 0.25) is 0 Å². The molecule has 0 aromatic rings. The van der Waals surface area contributed by atoms with Crippen LogP contribution in [0.3, 0.4) is 0 Å². The van der Waals surface area contributed by atoms with Crippen LogP contribution in [0.5, 0.6) is 0 Å². The van der Waals surface area contributed by atoms with E-state index < -0.39 is 6.04 Å². The summed E-state index contributed by atoms with van der Waals surface area (Å²) in [6.07, 6.45) is 1.31. The number of likely N-dealkylation sites (tertiary alicyclic amines) is 1. The van der Waals surface area contributed by atoms with Crippen molar-refractivity contribution in [3.8, 4) is 0 Å². The highest BCUT2D eigenvalue weighted by atomic mass is 35.5. The van der Waals surface area contributed by atoms with E-state index in [1.54, 1.807) is 13.8 Å². The third-order valence-electron chi connectivity index (χ3n) is 3.01. The van der Waals surface area contributed by atoms with E-state index in [1.165, 1.54) is 0 Å². The molecule has 1 aliphatic rings. The van der Waals surface area contributed by atoms with Gasteiger partial charge < -0.3 is 15.2 Å². The summed E-state index contributed by atoms with van der Waals surface area (Å²) in [5, 5.41) is 0. The number of hydrogen-bond acceptors (Lipinski definition) is 6. The number of carbonyl (C=O) groups excluding carboxylic acids is 2. The van der Waals surface area contributed by atoms with Crippen LogP contribution in [0.1, 0.15) is 26.7 Å². The minimum atomic E-state index is -0.617. The Kier molecular flexibility index (Phi) is 8.71. The molecule has 6 nitrogen and oxygen atoms in total. The summed E-state index contributed by atoms with van der Waals surface area (Å²) in [5.74, 6) is -0.570. The van der Waals surface area contributed by atoms with E-state index in [0.717, 1.165) is 13.0 Å². The Morgan fingerprint density at radius 2 is 1.95 bits per heavy atom. The van der Waals surface area contributed by atoms with Crippen LogP contribution in [0, 0.1) is 0 Å². The Morgan fingerprint density at radius 1 is 1.32 bits per heavy atom. The molecule has 0 aromatic heterocycles. The average molecular weight is 295 g/mol. The van der Waals surface area contributed by atoms with Gasteiger partial charge in [-0.1, -0.05) is 0 Å². The van der Waals surface area contributed by atoms with Crippen molar-refractivity contribution in [3.05, 3.63) is 0 Å². The number of carbonyl (C=O) groups is 2. The number of nitrogens with two attached hydrogens (primary N) is 1. The molecule has 0 aromatic carbocycles. The molecule has 0 amide bonds. The van der Waals surface area contributed by atoms with Gasteiger partial charge in [0.25, 0.3) is 0 Å². The van der Waals surface area contributed by atoms with E-state index in [4.69, 9.17) is 15.2 Å². The van der Waals surface area contributed by atoms with Crippen molar-refractivity contribution in [2.45, 2.75) is 38.8 Å². The molecule has 0 spiro atoms. The first kappa shape index (κ1) is 18.1. The quantitative estimate of drug-likeness (QED) is 0.681. The fourth-order valence-corrected chi connectivity index (χ4v) is 1.89. The largest absolute Gasteiger partial charge is 0.465 e. The van der Waals surface area contributed by atoms with Crippen LogP contribution in [0.2, 0.25) is 0 Å². The highest BCUT2D eigenvalue weighted by molar-refractivity contribution is 5.85. The van der Waals surface area contributed by atoms with Crippen LogP contribution in [0.4, 0.5) is 0 Å². The third kappa shape index (κ3) is 5.34. The van der Waals surface area contributed by atoms with Crippen LogP contribution < -0.4 is 5.73 Å². The lowest BCUT2D eigenvalue weighted by atomic mass is 10.0. The Morgan fingerprint density at radius 3 is 2.42 bits per heavy atom.